The van der Waals surface area contributed by atoms with Crippen molar-refractivity contribution in [3.05, 3.63) is 86.3 Å². The fourth-order valence-electron chi connectivity index (χ4n) is 7.19. The molecule has 0 amide bonds. The van der Waals surface area contributed by atoms with E-state index in [2.05, 4.69) is 95.2 Å². The Kier molecular flexibility index (Phi) is 5.77. The van der Waals surface area contributed by atoms with E-state index in [1.165, 1.54) is 44.6 Å². The van der Waals surface area contributed by atoms with Crippen molar-refractivity contribution in [3.63, 3.8) is 0 Å². The van der Waals surface area contributed by atoms with Crippen LogP contribution in [0, 0.1) is 0 Å². The third-order valence-corrected chi connectivity index (χ3v) is 11.6. The minimum Gasteiger partial charge on any atom is -0.372 e. The van der Waals surface area contributed by atoms with E-state index in [4.69, 9.17) is 14.2 Å². The van der Waals surface area contributed by atoms with Gasteiger partial charge in [0.05, 0.1) is 29.4 Å². The summed E-state index contributed by atoms with van der Waals surface area (Å²) in [4.78, 5) is 0. The van der Waals surface area contributed by atoms with Gasteiger partial charge in [0.1, 0.15) is 11.7 Å². The number of benzene rings is 1. The molecule has 0 radical (unpaired) electrons. The number of fused-ring (bicyclic) bond motifs is 2. The topological polar surface area (TPSA) is 27.7 Å². The van der Waals surface area contributed by atoms with Crippen LogP contribution in [0.2, 0.25) is 39.3 Å². The van der Waals surface area contributed by atoms with Crippen LogP contribution in [0.4, 0.5) is 0 Å². The van der Waals surface area contributed by atoms with Gasteiger partial charge in [-0.1, -0.05) is 81.4 Å². The zero-order valence-electron chi connectivity index (χ0n) is 23.9. The van der Waals surface area contributed by atoms with Gasteiger partial charge in [-0.05, 0) is 82.9 Å². The minimum absolute atomic E-state index is 0.00267. The Morgan fingerprint density at radius 1 is 0.919 bits per heavy atom. The molecule has 1 spiro atoms. The molecular weight excluding hydrogens is 489 g/mol. The molecule has 5 aliphatic rings. The highest BCUT2D eigenvalue weighted by atomic mass is 28.3. The van der Waals surface area contributed by atoms with Gasteiger partial charge in [0.25, 0.3) is 0 Å². The van der Waals surface area contributed by atoms with E-state index < -0.39 is 21.9 Å². The van der Waals surface area contributed by atoms with Crippen LogP contribution in [-0.4, -0.2) is 46.9 Å². The Morgan fingerprint density at radius 2 is 1.62 bits per heavy atom. The lowest BCUT2D eigenvalue weighted by Gasteiger charge is -2.52. The third kappa shape index (κ3) is 4.01. The standard InChI is InChI=1S/C32H42O3Si2/c1-31(2)34-30-27-24-19-33-20-25(24)29(37(6,7)8)26(21-13-10-9-11-14-21)22(16-18-36(3,4)5)23-15-12-17-32(30,35-31)28(23)27/h9-11,13-14,16,18,30H,12,15,17,19-20H2,1-8H3/b18-16+,23-22?,26-22-,27-24+,29-25+,29-26?. The van der Waals surface area contributed by atoms with Gasteiger partial charge in [-0.25, -0.2) is 0 Å². The van der Waals surface area contributed by atoms with Gasteiger partial charge in [0.15, 0.2) is 5.79 Å². The largest absolute Gasteiger partial charge is 0.372 e. The fraction of sp³-hybridized carbons (Fsp3) is 0.500. The molecular formula is C32H42O3Si2. The molecule has 3 fully saturated rings. The highest BCUT2D eigenvalue weighted by Gasteiger charge is 2.68. The second-order valence-electron chi connectivity index (χ2n) is 13.9. The molecule has 0 aromatic heterocycles. The first-order valence-corrected chi connectivity index (χ1v) is 21.1. The molecule has 1 aromatic rings. The maximum atomic E-state index is 6.85. The van der Waals surface area contributed by atoms with Gasteiger partial charge in [-0.15, -0.1) is 0 Å². The monoisotopic (exact) mass is 530 g/mol. The maximum absolute atomic E-state index is 6.85. The normalized spacial score (nSPS) is 35.2. The van der Waals surface area contributed by atoms with Gasteiger partial charge in [0, 0.05) is 0 Å². The molecule has 2 aliphatic heterocycles. The van der Waals surface area contributed by atoms with Crippen LogP contribution in [0.3, 0.4) is 0 Å². The van der Waals surface area contributed by atoms with E-state index in [1.54, 1.807) is 5.20 Å². The smallest absolute Gasteiger partial charge is 0.165 e. The van der Waals surface area contributed by atoms with E-state index in [9.17, 15) is 0 Å². The van der Waals surface area contributed by atoms with Crippen molar-refractivity contribution in [3.8, 4) is 0 Å². The Bertz CT molecular complexity index is 1310. The van der Waals surface area contributed by atoms with E-state index in [1.807, 2.05) is 0 Å². The van der Waals surface area contributed by atoms with Crippen molar-refractivity contribution in [1.29, 1.82) is 0 Å². The molecule has 6 rings (SSSR count). The molecule has 5 heteroatoms. The van der Waals surface area contributed by atoms with Crippen LogP contribution in [0.25, 0.3) is 5.57 Å². The molecule has 2 saturated heterocycles. The van der Waals surface area contributed by atoms with Crippen molar-refractivity contribution in [2.75, 3.05) is 13.2 Å². The Labute approximate surface area is 225 Å². The van der Waals surface area contributed by atoms with E-state index in [-0.39, 0.29) is 11.7 Å². The second kappa shape index (κ2) is 8.36. The van der Waals surface area contributed by atoms with Crippen LogP contribution >= 0.6 is 0 Å². The van der Waals surface area contributed by atoms with E-state index in [0.717, 1.165) is 19.3 Å². The summed E-state index contributed by atoms with van der Waals surface area (Å²) in [6.45, 7) is 20.3. The van der Waals surface area contributed by atoms with Crippen molar-refractivity contribution in [1.82, 2.24) is 0 Å². The van der Waals surface area contributed by atoms with Gasteiger partial charge in [-0.2, -0.15) is 0 Å². The highest BCUT2D eigenvalue weighted by Crippen LogP contribution is 2.65. The van der Waals surface area contributed by atoms with Crippen molar-refractivity contribution in [2.45, 2.75) is 89.9 Å². The summed E-state index contributed by atoms with van der Waals surface area (Å²) < 4.78 is 19.8. The summed E-state index contributed by atoms with van der Waals surface area (Å²) >= 11 is 0. The zero-order valence-corrected chi connectivity index (χ0v) is 25.9. The molecule has 0 bridgehead atoms. The third-order valence-electron chi connectivity index (χ3n) is 8.38. The highest BCUT2D eigenvalue weighted by molar-refractivity contribution is 6.85. The molecule has 2 unspecified atom stereocenters. The quantitative estimate of drug-likeness (QED) is 0.372. The van der Waals surface area contributed by atoms with Crippen molar-refractivity contribution < 1.29 is 14.2 Å². The Hall–Kier alpha value is -1.77. The minimum atomic E-state index is -1.80. The summed E-state index contributed by atoms with van der Waals surface area (Å²) in [7, 11) is -3.24. The molecule has 1 saturated carbocycles. The van der Waals surface area contributed by atoms with Gasteiger partial charge in [-0.3, -0.25) is 0 Å². The molecule has 196 valence electrons. The number of ether oxygens (including phenoxy) is 3. The summed E-state index contributed by atoms with van der Waals surface area (Å²) in [5.41, 5.74) is 13.5. The molecule has 2 atom stereocenters. The average molecular weight is 531 g/mol. The predicted octanol–water partition coefficient (Wildman–Crippen LogP) is 7.77. The number of allylic oxidation sites excluding steroid dienone is 5. The molecule has 3 nitrogen and oxygen atoms in total. The Morgan fingerprint density at radius 3 is 2.30 bits per heavy atom. The fourth-order valence-corrected chi connectivity index (χ4v) is 10.0. The summed E-state index contributed by atoms with van der Waals surface area (Å²) in [6.07, 6.45) is 5.75. The molecule has 37 heavy (non-hydrogen) atoms. The molecule has 1 aromatic carbocycles. The molecule has 2 heterocycles. The van der Waals surface area contributed by atoms with Crippen LogP contribution in [-0.2, 0) is 14.2 Å². The van der Waals surface area contributed by atoms with E-state index >= 15 is 0 Å². The zero-order chi connectivity index (χ0) is 26.4. The summed E-state index contributed by atoms with van der Waals surface area (Å²) in [5.74, 6) is -0.583. The van der Waals surface area contributed by atoms with E-state index in [0.29, 0.717) is 13.2 Å². The maximum Gasteiger partial charge on any atom is 0.165 e. The van der Waals surface area contributed by atoms with Crippen molar-refractivity contribution >= 4 is 21.7 Å². The van der Waals surface area contributed by atoms with Gasteiger partial charge >= 0.3 is 0 Å². The lowest BCUT2D eigenvalue weighted by Crippen LogP contribution is -2.57. The summed E-state index contributed by atoms with van der Waals surface area (Å²) in [6, 6.07) is 11.1. The van der Waals surface area contributed by atoms with Crippen LogP contribution in [0.15, 0.2) is 80.7 Å². The average Bonchev–Trinajstić information content (AvgIpc) is 3.31. The van der Waals surface area contributed by atoms with Crippen LogP contribution in [0.5, 0.6) is 0 Å². The lowest BCUT2D eigenvalue weighted by molar-refractivity contribution is -0.153. The van der Waals surface area contributed by atoms with Crippen molar-refractivity contribution in [2.24, 2.45) is 0 Å². The first-order valence-electron chi connectivity index (χ1n) is 14.0. The van der Waals surface area contributed by atoms with Gasteiger partial charge < -0.3 is 14.2 Å². The SMILES string of the molecule is CC1(C)OC2\C3=C4/COC/C4=C([Si](C)(C)C)/C(c4ccccc4)=C(/C=C/[Si](C)(C)C)C4=C3C2(CCC4)O1. The van der Waals surface area contributed by atoms with Crippen LogP contribution in [0.1, 0.15) is 38.7 Å². The Balaban J connectivity index is 1.76. The molecule has 3 aliphatic carbocycles. The summed E-state index contributed by atoms with van der Waals surface area (Å²) in [5, 5.41) is 1.56. The number of hydrogen-bond acceptors (Lipinski definition) is 3. The predicted molar refractivity (Wildman–Crippen MR) is 158 cm³/mol. The first kappa shape index (κ1) is 25.5. The van der Waals surface area contributed by atoms with Crippen LogP contribution < -0.4 is 0 Å². The second-order valence-corrected chi connectivity index (χ2v) is 24.0. The molecule has 0 N–H and O–H groups in total. The number of hydrogen-bond donors (Lipinski definition) is 0. The first-order chi connectivity index (χ1) is 17.3. The number of rotatable bonds is 4. The lowest BCUT2D eigenvalue weighted by atomic mass is 9.57. The van der Waals surface area contributed by atoms with Gasteiger partial charge in [0.2, 0.25) is 0 Å².